The highest BCUT2D eigenvalue weighted by molar-refractivity contribution is 7.38. The van der Waals surface area contributed by atoms with Crippen LogP contribution >= 0.6 is 34.3 Å². The van der Waals surface area contributed by atoms with E-state index >= 15 is 0 Å². The Kier molecular flexibility index (Phi) is 3.99. The number of benzene rings is 1. The van der Waals surface area contributed by atoms with Gasteiger partial charge in [-0.15, -0.1) is 21.5 Å². The van der Waals surface area contributed by atoms with Crippen molar-refractivity contribution in [2.75, 3.05) is 6.54 Å². The summed E-state index contributed by atoms with van der Waals surface area (Å²) < 4.78 is 3.27. The fourth-order valence-corrected chi connectivity index (χ4v) is 5.40. The van der Waals surface area contributed by atoms with Gasteiger partial charge >= 0.3 is 0 Å². The van der Waals surface area contributed by atoms with E-state index in [4.69, 9.17) is 11.6 Å². The number of rotatable bonds is 2. The molecule has 4 aromatic rings. The summed E-state index contributed by atoms with van der Waals surface area (Å²) in [5.41, 5.74) is 1.63. The molecule has 1 aliphatic heterocycles. The number of hydrogen-bond acceptors (Lipinski definition) is 6. The van der Waals surface area contributed by atoms with Gasteiger partial charge in [0, 0.05) is 23.7 Å². The third-order valence-electron chi connectivity index (χ3n) is 4.75. The zero-order valence-corrected chi connectivity index (χ0v) is 16.7. The SMILES string of the molecule is CC1c2nnc(-c3nc4ccsc4s3)n2CCN1C(=O)c1ccc(Cl)cc1. The molecule has 4 heterocycles. The van der Waals surface area contributed by atoms with Crippen LogP contribution in [0.2, 0.25) is 5.02 Å². The first-order chi connectivity index (χ1) is 13.1. The largest absolute Gasteiger partial charge is 0.327 e. The van der Waals surface area contributed by atoms with Gasteiger partial charge < -0.3 is 9.47 Å². The molecule has 0 radical (unpaired) electrons. The Morgan fingerprint density at radius 3 is 2.78 bits per heavy atom. The minimum Gasteiger partial charge on any atom is -0.327 e. The predicted molar refractivity (Wildman–Crippen MR) is 107 cm³/mol. The van der Waals surface area contributed by atoms with Crippen LogP contribution in [0.25, 0.3) is 20.4 Å². The van der Waals surface area contributed by atoms with Crippen molar-refractivity contribution >= 4 is 49.7 Å². The van der Waals surface area contributed by atoms with Gasteiger partial charge in [0.25, 0.3) is 5.91 Å². The first-order valence-corrected chi connectivity index (χ1v) is 10.5. The van der Waals surface area contributed by atoms with Crippen LogP contribution in [0.4, 0.5) is 0 Å². The van der Waals surface area contributed by atoms with Gasteiger partial charge in [-0.3, -0.25) is 4.79 Å². The molecule has 9 heteroatoms. The maximum absolute atomic E-state index is 12.9. The number of fused-ring (bicyclic) bond motifs is 2. The van der Waals surface area contributed by atoms with Crippen molar-refractivity contribution in [3.8, 4) is 10.8 Å². The number of amides is 1. The molecule has 136 valence electrons. The zero-order valence-electron chi connectivity index (χ0n) is 14.3. The van der Waals surface area contributed by atoms with Gasteiger partial charge in [0.15, 0.2) is 16.7 Å². The number of nitrogens with zero attached hydrogens (tertiary/aromatic N) is 5. The molecular weight excluding hydrogens is 402 g/mol. The van der Waals surface area contributed by atoms with Crippen molar-refractivity contribution in [2.45, 2.75) is 19.5 Å². The maximum Gasteiger partial charge on any atom is 0.254 e. The van der Waals surface area contributed by atoms with Crippen molar-refractivity contribution in [1.29, 1.82) is 0 Å². The van der Waals surface area contributed by atoms with Crippen LogP contribution in [0.3, 0.4) is 0 Å². The molecule has 0 fully saturated rings. The standard InChI is InChI=1S/C18H14ClN5OS2/c1-10-14-21-22-15(16-20-13-6-9-26-18(13)27-16)24(14)8-7-23(10)17(25)11-2-4-12(19)5-3-11/h2-6,9-10H,7-8H2,1H3. The predicted octanol–water partition coefficient (Wildman–Crippen LogP) is 4.49. The molecule has 27 heavy (non-hydrogen) atoms. The summed E-state index contributed by atoms with van der Waals surface area (Å²) >= 11 is 9.24. The molecule has 3 aromatic heterocycles. The van der Waals surface area contributed by atoms with Crippen molar-refractivity contribution in [3.05, 3.63) is 52.1 Å². The smallest absolute Gasteiger partial charge is 0.254 e. The van der Waals surface area contributed by atoms with Gasteiger partial charge in [-0.05, 0) is 42.6 Å². The quantitative estimate of drug-likeness (QED) is 0.484. The number of hydrogen-bond donors (Lipinski definition) is 0. The lowest BCUT2D eigenvalue weighted by molar-refractivity contribution is 0.0638. The number of carbonyl (C=O) groups is 1. The summed E-state index contributed by atoms with van der Waals surface area (Å²) in [6.07, 6.45) is 0. The van der Waals surface area contributed by atoms with E-state index in [1.165, 1.54) is 4.01 Å². The second-order valence-corrected chi connectivity index (χ2v) is 8.94. The summed E-state index contributed by atoms with van der Waals surface area (Å²) in [7, 11) is 0. The Balaban J connectivity index is 1.47. The monoisotopic (exact) mass is 415 g/mol. The van der Waals surface area contributed by atoms with Gasteiger partial charge in [0.05, 0.1) is 11.6 Å². The number of carbonyl (C=O) groups excluding carboxylic acids is 1. The van der Waals surface area contributed by atoms with E-state index in [1.807, 2.05) is 23.3 Å². The minimum absolute atomic E-state index is 0.0234. The number of halogens is 1. The fourth-order valence-electron chi connectivity index (χ4n) is 3.34. The Labute approximate surface area is 168 Å². The molecule has 0 spiro atoms. The molecule has 1 aromatic carbocycles. The molecular formula is C18H14ClN5OS2. The van der Waals surface area contributed by atoms with Crippen molar-refractivity contribution in [1.82, 2.24) is 24.6 Å². The molecule has 0 N–H and O–H groups in total. The van der Waals surface area contributed by atoms with Crippen molar-refractivity contribution in [2.24, 2.45) is 0 Å². The van der Waals surface area contributed by atoms with Gasteiger partial charge in [0.1, 0.15) is 4.01 Å². The minimum atomic E-state index is -0.163. The van der Waals surface area contributed by atoms with Crippen molar-refractivity contribution in [3.63, 3.8) is 0 Å². The van der Waals surface area contributed by atoms with Gasteiger partial charge in [0.2, 0.25) is 0 Å². The summed E-state index contributed by atoms with van der Waals surface area (Å²) in [6, 6.07) is 8.83. The maximum atomic E-state index is 12.9. The van der Waals surface area contributed by atoms with E-state index < -0.39 is 0 Å². The Hall–Kier alpha value is -2.29. The van der Waals surface area contributed by atoms with E-state index in [2.05, 4.69) is 19.7 Å². The van der Waals surface area contributed by atoms with Crippen LogP contribution in [0.1, 0.15) is 29.1 Å². The highest BCUT2D eigenvalue weighted by Gasteiger charge is 2.32. The summed E-state index contributed by atoms with van der Waals surface area (Å²) in [6.45, 7) is 3.23. The molecule has 1 atom stereocenters. The van der Waals surface area contributed by atoms with E-state index in [1.54, 1.807) is 46.9 Å². The van der Waals surface area contributed by atoms with Gasteiger partial charge in [-0.25, -0.2) is 4.98 Å². The first-order valence-electron chi connectivity index (χ1n) is 8.46. The van der Waals surface area contributed by atoms with Crippen LogP contribution in [0.15, 0.2) is 35.7 Å². The fraction of sp³-hybridized carbons (Fsp3) is 0.222. The van der Waals surface area contributed by atoms with Crippen LogP contribution in [0.5, 0.6) is 0 Å². The molecule has 1 aliphatic rings. The Morgan fingerprint density at radius 1 is 1.19 bits per heavy atom. The lowest BCUT2D eigenvalue weighted by atomic mass is 10.1. The van der Waals surface area contributed by atoms with E-state index in [0.717, 1.165) is 22.2 Å². The van der Waals surface area contributed by atoms with Crippen LogP contribution in [-0.2, 0) is 6.54 Å². The van der Waals surface area contributed by atoms with Crippen LogP contribution < -0.4 is 0 Å². The molecule has 0 saturated carbocycles. The van der Waals surface area contributed by atoms with Gasteiger partial charge in [-0.1, -0.05) is 22.9 Å². The second kappa shape index (κ2) is 6.40. The normalized spacial score (nSPS) is 16.7. The topological polar surface area (TPSA) is 63.9 Å². The zero-order chi connectivity index (χ0) is 18.5. The third-order valence-corrected chi connectivity index (χ3v) is 7.10. The lowest BCUT2D eigenvalue weighted by Gasteiger charge is -2.33. The Morgan fingerprint density at radius 2 is 2.00 bits per heavy atom. The Bertz CT molecular complexity index is 1120. The highest BCUT2D eigenvalue weighted by atomic mass is 35.5. The molecule has 0 aliphatic carbocycles. The number of thiophene rings is 1. The van der Waals surface area contributed by atoms with Crippen LogP contribution in [0, 0.1) is 0 Å². The average molecular weight is 416 g/mol. The molecule has 6 nitrogen and oxygen atoms in total. The summed E-state index contributed by atoms with van der Waals surface area (Å²) in [5.74, 6) is 1.55. The third kappa shape index (κ3) is 2.75. The molecule has 0 bridgehead atoms. The molecule has 1 amide bonds. The molecule has 1 unspecified atom stereocenters. The number of aromatic nitrogens is 4. The first kappa shape index (κ1) is 16.9. The molecule has 0 saturated heterocycles. The summed E-state index contributed by atoms with van der Waals surface area (Å²) in [5, 5.41) is 12.3. The molecule has 5 rings (SSSR count). The summed E-state index contributed by atoms with van der Waals surface area (Å²) in [4.78, 5) is 19.4. The number of thiazole rings is 1. The van der Waals surface area contributed by atoms with Crippen molar-refractivity contribution < 1.29 is 4.79 Å². The average Bonchev–Trinajstić information content (AvgIpc) is 3.36. The van der Waals surface area contributed by atoms with E-state index in [0.29, 0.717) is 23.7 Å². The van der Waals surface area contributed by atoms with E-state index in [9.17, 15) is 4.79 Å². The lowest BCUT2D eigenvalue weighted by Crippen LogP contribution is -2.41. The van der Waals surface area contributed by atoms with Crippen LogP contribution in [-0.4, -0.2) is 37.1 Å². The van der Waals surface area contributed by atoms with Gasteiger partial charge in [-0.2, -0.15) is 0 Å². The second-order valence-electron chi connectivity index (χ2n) is 6.33. The highest BCUT2D eigenvalue weighted by Crippen LogP contribution is 2.35. The van der Waals surface area contributed by atoms with E-state index in [-0.39, 0.29) is 11.9 Å².